The molecule has 3 aromatic rings. The molecule has 156 valence electrons. The molecule has 1 amide bonds. The van der Waals surface area contributed by atoms with E-state index in [1.165, 1.54) is 11.8 Å². The van der Waals surface area contributed by atoms with Gasteiger partial charge in [0.15, 0.2) is 0 Å². The number of benzene rings is 2. The quantitative estimate of drug-likeness (QED) is 0.623. The molecule has 0 atom stereocenters. The molecule has 31 heavy (non-hydrogen) atoms. The Kier molecular flexibility index (Phi) is 5.72. The van der Waals surface area contributed by atoms with Gasteiger partial charge in [0.05, 0.1) is 27.7 Å². The summed E-state index contributed by atoms with van der Waals surface area (Å²) in [6.45, 7) is 0.886. The van der Waals surface area contributed by atoms with E-state index in [2.05, 4.69) is 39.1 Å². The lowest BCUT2D eigenvalue weighted by Gasteiger charge is -2.28. The second-order valence-corrected chi connectivity index (χ2v) is 7.07. The van der Waals surface area contributed by atoms with E-state index >= 15 is 0 Å². The van der Waals surface area contributed by atoms with Crippen molar-refractivity contribution in [2.24, 2.45) is 0 Å². The molecule has 1 aliphatic rings. The molecular formula is C24H23N5O2. The number of ether oxygens (including phenoxy) is 1. The molecule has 0 aliphatic carbocycles. The summed E-state index contributed by atoms with van der Waals surface area (Å²) in [5.74, 6) is 0.0349. The third kappa shape index (κ3) is 5.24. The lowest BCUT2D eigenvalue weighted by atomic mass is 10.1. The molecular weight excluding hydrogens is 390 g/mol. The SMILES string of the molecule is [2H]C([2H])(C#N)NC(=O)c1ccc(-c2ccnc(Cc3ccc(N4CCOCC4)cc3)n2)cc1. The fourth-order valence-electron chi connectivity index (χ4n) is 3.42. The molecule has 1 fully saturated rings. The highest BCUT2D eigenvalue weighted by atomic mass is 16.5. The van der Waals surface area contributed by atoms with Crippen LogP contribution in [0, 0.1) is 11.3 Å². The summed E-state index contributed by atoms with van der Waals surface area (Å²) in [6, 6.07) is 18.2. The molecule has 1 aromatic heterocycles. The number of carbonyl (C=O) groups excluding carboxylic acids is 1. The molecule has 1 aliphatic heterocycles. The van der Waals surface area contributed by atoms with E-state index in [0.29, 0.717) is 12.2 Å². The van der Waals surface area contributed by atoms with Crippen LogP contribution >= 0.6 is 0 Å². The number of amides is 1. The number of hydrogen-bond acceptors (Lipinski definition) is 6. The zero-order valence-corrected chi connectivity index (χ0v) is 16.9. The van der Waals surface area contributed by atoms with Crippen LogP contribution in [0.3, 0.4) is 0 Å². The predicted octanol–water partition coefficient (Wildman–Crippen LogP) is 2.82. The summed E-state index contributed by atoms with van der Waals surface area (Å²) in [5, 5.41) is 10.8. The van der Waals surface area contributed by atoms with Crippen molar-refractivity contribution >= 4 is 11.6 Å². The Labute approximate surface area is 184 Å². The number of nitriles is 1. The Morgan fingerprint density at radius 1 is 1.13 bits per heavy atom. The number of aromatic nitrogens is 2. The van der Waals surface area contributed by atoms with Crippen molar-refractivity contribution in [1.29, 1.82) is 5.26 Å². The molecule has 0 bridgehead atoms. The monoisotopic (exact) mass is 415 g/mol. The first-order valence-electron chi connectivity index (χ1n) is 11.0. The third-order valence-corrected chi connectivity index (χ3v) is 5.06. The Bertz CT molecular complexity index is 1150. The lowest BCUT2D eigenvalue weighted by molar-refractivity contribution is 0.0958. The van der Waals surface area contributed by atoms with Crippen molar-refractivity contribution < 1.29 is 12.3 Å². The minimum Gasteiger partial charge on any atom is -0.378 e. The van der Waals surface area contributed by atoms with Crippen LogP contribution in [0.5, 0.6) is 0 Å². The van der Waals surface area contributed by atoms with Crippen molar-refractivity contribution in [3.05, 3.63) is 77.7 Å². The van der Waals surface area contributed by atoms with Crippen molar-refractivity contribution in [2.45, 2.75) is 6.42 Å². The van der Waals surface area contributed by atoms with Gasteiger partial charge in [0.1, 0.15) is 12.3 Å². The van der Waals surface area contributed by atoms with Gasteiger partial charge in [0, 0.05) is 42.5 Å². The molecule has 7 heteroatoms. The molecule has 0 radical (unpaired) electrons. The highest BCUT2D eigenvalue weighted by Gasteiger charge is 2.11. The van der Waals surface area contributed by atoms with Crippen molar-refractivity contribution in [3.63, 3.8) is 0 Å². The maximum atomic E-state index is 12.1. The van der Waals surface area contributed by atoms with Crippen LogP contribution < -0.4 is 10.2 Å². The van der Waals surface area contributed by atoms with Crippen LogP contribution in [0.4, 0.5) is 5.69 Å². The largest absolute Gasteiger partial charge is 0.378 e. The lowest BCUT2D eigenvalue weighted by Crippen LogP contribution is -2.36. The normalized spacial score (nSPS) is 14.9. The molecule has 2 heterocycles. The third-order valence-electron chi connectivity index (χ3n) is 5.06. The number of anilines is 1. The van der Waals surface area contributed by atoms with Gasteiger partial charge in [-0.25, -0.2) is 9.97 Å². The first kappa shape index (κ1) is 18.0. The van der Waals surface area contributed by atoms with Gasteiger partial charge in [0.2, 0.25) is 0 Å². The van der Waals surface area contributed by atoms with Gasteiger partial charge >= 0.3 is 0 Å². The van der Waals surface area contributed by atoms with Gasteiger partial charge < -0.3 is 15.0 Å². The first-order valence-corrected chi connectivity index (χ1v) is 10.0. The Morgan fingerprint density at radius 2 is 1.87 bits per heavy atom. The number of rotatable bonds is 6. The minimum absolute atomic E-state index is 0.257. The predicted molar refractivity (Wildman–Crippen MR) is 118 cm³/mol. The Hall–Kier alpha value is -3.76. The second-order valence-electron chi connectivity index (χ2n) is 7.07. The van der Waals surface area contributed by atoms with Crippen molar-refractivity contribution in [2.75, 3.05) is 37.7 Å². The summed E-state index contributed by atoms with van der Waals surface area (Å²) in [6.07, 6.45) is 2.31. The van der Waals surface area contributed by atoms with Gasteiger partial charge in [0.25, 0.3) is 5.91 Å². The minimum atomic E-state index is -2.42. The summed E-state index contributed by atoms with van der Waals surface area (Å²) in [4.78, 5) is 23.5. The van der Waals surface area contributed by atoms with Gasteiger partial charge in [-0.2, -0.15) is 5.26 Å². The number of nitrogens with zero attached hydrogens (tertiary/aromatic N) is 4. The van der Waals surface area contributed by atoms with E-state index in [4.69, 9.17) is 12.7 Å². The molecule has 1 N–H and O–H groups in total. The summed E-state index contributed by atoms with van der Waals surface area (Å²) in [5.41, 5.74) is 4.09. The van der Waals surface area contributed by atoms with E-state index in [9.17, 15) is 4.79 Å². The maximum absolute atomic E-state index is 12.1. The zero-order valence-electron chi connectivity index (χ0n) is 18.9. The average molecular weight is 415 g/mol. The summed E-state index contributed by atoms with van der Waals surface area (Å²) >= 11 is 0. The average Bonchev–Trinajstić information content (AvgIpc) is 2.85. The number of morpholine rings is 1. The van der Waals surface area contributed by atoms with Crippen LogP contribution in [0.2, 0.25) is 0 Å². The maximum Gasteiger partial charge on any atom is 0.252 e. The highest BCUT2D eigenvalue weighted by molar-refractivity contribution is 5.94. The number of carbonyl (C=O) groups is 1. The van der Waals surface area contributed by atoms with Gasteiger partial charge in [-0.15, -0.1) is 0 Å². The van der Waals surface area contributed by atoms with E-state index in [1.807, 2.05) is 5.32 Å². The number of hydrogen-bond donors (Lipinski definition) is 1. The summed E-state index contributed by atoms with van der Waals surface area (Å²) < 4.78 is 20.1. The molecule has 1 saturated heterocycles. The van der Waals surface area contributed by atoms with Crippen LogP contribution in [-0.2, 0) is 11.2 Å². The number of nitrogens with one attached hydrogen (secondary N) is 1. The molecule has 0 unspecified atom stereocenters. The molecule has 4 rings (SSSR count). The van der Waals surface area contributed by atoms with Crippen molar-refractivity contribution in [3.8, 4) is 17.3 Å². The Balaban J connectivity index is 1.43. The van der Waals surface area contributed by atoms with Crippen LogP contribution in [0.25, 0.3) is 11.3 Å². The van der Waals surface area contributed by atoms with Gasteiger partial charge in [-0.3, -0.25) is 4.79 Å². The van der Waals surface area contributed by atoms with Gasteiger partial charge in [-0.05, 0) is 35.9 Å². The first-order chi connectivity index (χ1) is 15.9. The molecule has 2 aromatic carbocycles. The van der Waals surface area contributed by atoms with Crippen LogP contribution in [0.1, 0.15) is 24.5 Å². The smallest absolute Gasteiger partial charge is 0.252 e. The second kappa shape index (κ2) is 9.83. The van der Waals surface area contributed by atoms with E-state index in [1.54, 1.807) is 36.5 Å². The fourth-order valence-corrected chi connectivity index (χ4v) is 3.42. The van der Waals surface area contributed by atoms with E-state index < -0.39 is 12.4 Å². The van der Waals surface area contributed by atoms with Crippen LogP contribution in [-0.4, -0.2) is 48.7 Å². The fraction of sp³-hybridized carbons (Fsp3) is 0.250. The molecule has 0 saturated carbocycles. The molecule has 0 spiro atoms. The molecule has 7 nitrogen and oxygen atoms in total. The Morgan fingerprint density at radius 3 is 2.58 bits per heavy atom. The summed E-state index contributed by atoms with van der Waals surface area (Å²) in [7, 11) is 0. The van der Waals surface area contributed by atoms with Crippen molar-refractivity contribution in [1.82, 2.24) is 15.3 Å². The van der Waals surface area contributed by atoms with Gasteiger partial charge in [-0.1, -0.05) is 24.3 Å². The zero-order chi connectivity index (χ0) is 23.3. The van der Waals surface area contributed by atoms with E-state index in [-0.39, 0.29) is 5.56 Å². The van der Waals surface area contributed by atoms with E-state index in [0.717, 1.165) is 43.1 Å². The van der Waals surface area contributed by atoms with Crippen LogP contribution in [0.15, 0.2) is 60.8 Å². The highest BCUT2D eigenvalue weighted by Crippen LogP contribution is 2.20. The standard InChI is InChI=1S/C24H23N5O2/c25-10-12-27-24(30)20-5-3-19(4-6-20)22-9-11-26-23(28-22)17-18-1-7-21(8-2-18)29-13-15-31-16-14-29/h1-9,11H,12-17H2,(H,27,30)/i12D2. The topological polar surface area (TPSA) is 91.1 Å².